The Morgan fingerprint density at radius 1 is 0.850 bits per heavy atom. The Labute approximate surface area is 134 Å². The van der Waals surface area contributed by atoms with E-state index in [9.17, 15) is 0 Å². The van der Waals surface area contributed by atoms with Crippen LogP contribution < -0.4 is 0 Å². The van der Waals surface area contributed by atoms with Crippen LogP contribution in [0.1, 0.15) is 26.7 Å². The summed E-state index contributed by atoms with van der Waals surface area (Å²) >= 11 is 9.88. The third-order valence-electron chi connectivity index (χ3n) is 2.73. The Bertz CT molecular complexity index is 308. The van der Waals surface area contributed by atoms with E-state index in [4.69, 9.17) is 46.2 Å². The van der Waals surface area contributed by atoms with Crippen LogP contribution in [0.2, 0.25) is 0 Å². The van der Waals surface area contributed by atoms with Gasteiger partial charge in [-0.25, -0.2) is 0 Å². The smallest absolute Gasteiger partial charge is 0.326 e. The van der Waals surface area contributed by atoms with Crippen molar-refractivity contribution >= 4 is 36.8 Å². The molecule has 0 unspecified atom stereocenters. The SMILES string of the molecule is CCC(CC)COP(=S)(OC)OC.COP(C)(=S)OC. The van der Waals surface area contributed by atoms with Crippen LogP contribution in [0.25, 0.3) is 0 Å². The van der Waals surface area contributed by atoms with Crippen molar-refractivity contribution < 1.29 is 22.6 Å². The first-order valence-corrected chi connectivity index (χ1v) is 11.9. The summed E-state index contributed by atoms with van der Waals surface area (Å²) in [6, 6.07) is 0. The molecule has 124 valence electrons. The summed E-state index contributed by atoms with van der Waals surface area (Å²) in [6.45, 7) is 2.44. The molecule has 0 aromatic rings. The fourth-order valence-electron chi connectivity index (χ4n) is 0.976. The van der Waals surface area contributed by atoms with E-state index in [2.05, 4.69) is 13.8 Å². The van der Waals surface area contributed by atoms with Crippen molar-refractivity contribution in [3.8, 4) is 0 Å². The normalized spacial score (nSPS) is 12.2. The van der Waals surface area contributed by atoms with Gasteiger partial charge in [0.15, 0.2) is 6.49 Å². The molecule has 0 amide bonds. The molecular weight excluding hydrogens is 338 g/mol. The molecule has 0 radical (unpaired) electrons. The average Bonchev–Trinajstić information content (AvgIpc) is 2.48. The largest absolute Gasteiger partial charge is 0.333 e. The molecule has 0 aliphatic carbocycles. The summed E-state index contributed by atoms with van der Waals surface area (Å²) in [5, 5.41) is 0. The summed E-state index contributed by atoms with van der Waals surface area (Å²) in [6.07, 6.45) is 2.19. The molecule has 0 aromatic heterocycles. The number of hydrogen-bond acceptors (Lipinski definition) is 7. The van der Waals surface area contributed by atoms with Crippen molar-refractivity contribution in [1.82, 2.24) is 0 Å². The molecule has 0 saturated carbocycles. The van der Waals surface area contributed by atoms with E-state index >= 15 is 0 Å². The van der Waals surface area contributed by atoms with Gasteiger partial charge in [-0.15, -0.1) is 0 Å². The summed E-state index contributed by atoms with van der Waals surface area (Å²) in [4.78, 5) is 0. The van der Waals surface area contributed by atoms with Crippen LogP contribution in [0.3, 0.4) is 0 Å². The lowest BCUT2D eigenvalue weighted by Crippen LogP contribution is -2.07. The van der Waals surface area contributed by atoms with Gasteiger partial charge in [-0.2, -0.15) is 0 Å². The van der Waals surface area contributed by atoms with E-state index in [-0.39, 0.29) is 0 Å². The van der Waals surface area contributed by atoms with Gasteiger partial charge in [0, 0.05) is 35.1 Å². The molecule has 0 aliphatic rings. The zero-order chi connectivity index (χ0) is 16.2. The highest BCUT2D eigenvalue weighted by molar-refractivity contribution is 8.09. The summed E-state index contributed by atoms with van der Waals surface area (Å²) in [5.74, 6) is 0.549. The van der Waals surface area contributed by atoms with Crippen LogP contribution in [0.4, 0.5) is 0 Å². The molecule has 0 heterocycles. The van der Waals surface area contributed by atoms with E-state index in [1.807, 2.05) is 0 Å². The molecule has 5 nitrogen and oxygen atoms in total. The third kappa shape index (κ3) is 11.7. The van der Waals surface area contributed by atoms with Crippen LogP contribution >= 0.6 is 13.2 Å². The predicted molar refractivity (Wildman–Crippen MR) is 92.6 cm³/mol. The first-order chi connectivity index (χ1) is 9.24. The zero-order valence-corrected chi connectivity index (χ0v) is 16.9. The van der Waals surface area contributed by atoms with Gasteiger partial charge in [0.1, 0.15) is 0 Å². The van der Waals surface area contributed by atoms with Crippen LogP contribution in [0, 0.1) is 5.92 Å². The Balaban J connectivity index is 0. The molecule has 0 bridgehead atoms. The van der Waals surface area contributed by atoms with Gasteiger partial charge in [0.2, 0.25) is 0 Å². The average molecular weight is 366 g/mol. The van der Waals surface area contributed by atoms with Gasteiger partial charge in [-0.1, -0.05) is 26.7 Å². The van der Waals surface area contributed by atoms with Gasteiger partial charge in [0.25, 0.3) is 0 Å². The fraction of sp³-hybridized carbons (Fsp3) is 1.00. The fourth-order valence-corrected chi connectivity index (χ4v) is 2.06. The molecule has 0 atom stereocenters. The van der Waals surface area contributed by atoms with Crippen LogP contribution in [0.5, 0.6) is 0 Å². The maximum absolute atomic E-state index is 5.45. The standard InChI is InChI=1S/C8H19O3PS.C3H9O2PS/c1-5-8(6-2)7-11-12(13,9-3)10-4;1-4-6(3,7)5-2/h8H,5-7H2,1-4H3;1-3H3. The molecule has 0 saturated heterocycles. The summed E-state index contributed by atoms with van der Waals surface area (Å²) in [7, 11) is 6.17. The van der Waals surface area contributed by atoms with E-state index < -0.39 is 13.2 Å². The molecule has 0 spiro atoms. The second-order valence-electron chi connectivity index (χ2n) is 3.93. The zero-order valence-electron chi connectivity index (χ0n) is 13.5. The van der Waals surface area contributed by atoms with Crippen molar-refractivity contribution in [2.75, 3.05) is 41.7 Å². The maximum Gasteiger partial charge on any atom is 0.326 e. The molecule has 0 aromatic carbocycles. The molecule has 20 heavy (non-hydrogen) atoms. The molecule has 9 heteroatoms. The highest BCUT2D eigenvalue weighted by Crippen LogP contribution is 2.48. The minimum atomic E-state index is -2.43. The monoisotopic (exact) mass is 366 g/mol. The van der Waals surface area contributed by atoms with Gasteiger partial charge in [-0.05, 0) is 29.5 Å². The number of hydrogen-bond donors (Lipinski definition) is 0. The van der Waals surface area contributed by atoms with Crippen LogP contribution in [-0.4, -0.2) is 41.7 Å². The first kappa shape index (κ1) is 23.4. The molecule has 0 rings (SSSR count). The van der Waals surface area contributed by atoms with Crippen molar-refractivity contribution in [2.45, 2.75) is 26.7 Å². The van der Waals surface area contributed by atoms with Crippen molar-refractivity contribution in [3.63, 3.8) is 0 Å². The van der Waals surface area contributed by atoms with Crippen molar-refractivity contribution in [3.05, 3.63) is 0 Å². The predicted octanol–water partition coefficient (Wildman–Crippen LogP) is 4.18. The van der Waals surface area contributed by atoms with Gasteiger partial charge in [-0.3, -0.25) is 0 Å². The topological polar surface area (TPSA) is 46.2 Å². The summed E-state index contributed by atoms with van der Waals surface area (Å²) < 4.78 is 25.1. The highest BCUT2D eigenvalue weighted by atomic mass is 32.5. The molecular formula is C11H28O5P2S2. The van der Waals surface area contributed by atoms with Gasteiger partial charge < -0.3 is 22.6 Å². The Kier molecular flexibility index (Phi) is 14.8. The quantitative estimate of drug-likeness (QED) is 0.567. The van der Waals surface area contributed by atoms with Gasteiger partial charge in [0.05, 0.1) is 6.61 Å². The first-order valence-electron chi connectivity index (χ1n) is 6.29. The lowest BCUT2D eigenvalue weighted by molar-refractivity contribution is 0.171. The van der Waals surface area contributed by atoms with E-state index in [0.717, 1.165) is 12.8 Å². The molecule has 0 aliphatic heterocycles. The summed E-state index contributed by atoms with van der Waals surface area (Å²) in [5.41, 5.74) is 0. The van der Waals surface area contributed by atoms with E-state index in [1.54, 1.807) is 20.9 Å². The van der Waals surface area contributed by atoms with Crippen molar-refractivity contribution in [1.29, 1.82) is 0 Å². The van der Waals surface area contributed by atoms with Crippen LogP contribution in [-0.2, 0) is 46.2 Å². The third-order valence-corrected chi connectivity index (χ3v) is 7.52. The Morgan fingerprint density at radius 2 is 1.25 bits per heavy atom. The van der Waals surface area contributed by atoms with Crippen LogP contribution in [0.15, 0.2) is 0 Å². The second-order valence-corrected chi connectivity index (χ2v) is 11.4. The Morgan fingerprint density at radius 3 is 1.45 bits per heavy atom. The Hall–Kier alpha value is 1.10. The molecule has 0 fully saturated rings. The second kappa shape index (κ2) is 12.6. The minimum absolute atomic E-state index is 0.549. The molecule has 0 N–H and O–H groups in total. The maximum atomic E-state index is 5.45. The lowest BCUT2D eigenvalue weighted by Gasteiger charge is -2.20. The van der Waals surface area contributed by atoms with E-state index in [1.165, 1.54) is 14.2 Å². The van der Waals surface area contributed by atoms with E-state index in [0.29, 0.717) is 12.5 Å². The van der Waals surface area contributed by atoms with Crippen molar-refractivity contribution in [2.24, 2.45) is 5.92 Å². The number of rotatable bonds is 9. The minimum Gasteiger partial charge on any atom is -0.333 e. The van der Waals surface area contributed by atoms with Gasteiger partial charge >= 0.3 is 6.72 Å². The lowest BCUT2D eigenvalue weighted by atomic mass is 10.1. The highest BCUT2D eigenvalue weighted by Gasteiger charge is 2.18.